The maximum atomic E-state index is 13.4. The molecule has 3 N–H and O–H groups in total. The molecule has 0 saturated carbocycles. The third-order valence-corrected chi connectivity index (χ3v) is 6.69. The first-order valence-electron chi connectivity index (χ1n) is 11.3. The van der Waals surface area contributed by atoms with Crippen LogP contribution in [0.15, 0.2) is 60.7 Å². The summed E-state index contributed by atoms with van der Waals surface area (Å²) in [7, 11) is 1.48. The van der Waals surface area contributed by atoms with Crippen molar-refractivity contribution in [1.82, 2.24) is 10.2 Å². The van der Waals surface area contributed by atoms with Crippen LogP contribution in [0.4, 0.5) is 0 Å². The van der Waals surface area contributed by atoms with E-state index in [-0.39, 0.29) is 13.2 Å². The molecule has 2 aromatic carbocycles. The van der Waals surface area contributed by atoms with Gasteiger partial charge in [-0.15, -0.1) is 0 Å². The van der Waals surface area contributed by atoms with E-state index in [0.29, 0.717) is 17.1 Å². The minimum absolute atomic E-state index is 0.0322. The summed E-state index contributed by atoms with van der Waals surface area (Å²) >= 11 is 0. The molecule has 2 aliphatic heterocycles. The monoisotopic (exact) mass is 480 g/mol. The van der Waals surface area contributed by atoms with Gasteiger partial charge in [0.15, 0.2) is 17.0 Å². The average molecular weight is 481 g/mol. The molecule has 0 aliphatic carbocycles. The Morgan fingerprint density at radius 1 is 1.14 bits per heavy atom. The lowest BCUT2D eigenvalue weighted by molar-refractivity contribution is -0.153. The number of hydrogen-bond donors (Lipinski definition) is 3. The smallest absolute Gasteiger partial charge is 0.327 e. The summed E-state index contributed by atoms with van der Waals surface area (Å²) in [5.41, 5.74) is -0.644. The maximum Gasteiger partial charge on any atom is 0.327 e. The van der Waals surface area contributed by atoms with E-state index in [0.717, 1.165) is 10.5 Å². The maximum absolute atomic E-state index is 13.4. The highest BCUT2D eigenvalue weighted by atomic mass is 16.5. The fraction of sp³-hybridized carbons (Fsp3) is 0.346. The summed E-state index contributed by atoms with van der Waals surface area (Å²) in [6.45, 7) is 1.14. The van der Waals surface area contributed by atoms with Crippen molar-refractivity contribution >= 4 is 17.8 Å². The number of nitrogens with zero attached hydrogens (tertiary/aromatic N) is 1. The van der Waals surface area contributed by atoms with Gasteiger partial charge in [-0.3, -0.25) is 24.6 Å². The molecule has 2 fully saturated rings. The van der Waals surface area contributed by atoms with Crippen LogP contribution in [0.2, 0.25) is 0 Å². The number of nitrogens with one attached hydrogen (secondary N) is 1. The zero-order chi connectivity index (χ0) is 25.2. The second-order valence-corrected chi connectivity index (χ2v) is 8.57. The van der Waals surface area contributed by atoms with Gasteiger partial charge in [0.05, 0.1) is 25.6 Å². The first-order valence-corrected chi connectivity index (χ1v) is 11.3. The number of benzene rings is 2. The molecule has 2 amide bonds. The van der Waals surface area contributed by atoms with Crippen molar-refractivity contribution in [3.63, 3.8) is 0 Å². The van der Waals surface area contributed by atoms with Crippen LogP contribution in [0.3, 0.4) is 0 Å². The van der Waals surface area contributed by atoms with Crippen LogP contribution in [0, 0.1) is 11.8 Å². The molecular weight excluding hydrogens is 452 g/mol. The van der Waals surface area contributed by atoms with E-state index in [2.05, 4.69) is 5.32 Å². The zero-order valence-electron chi connectivity index (χ0n) is 19.5. The highest BCUT2D eigenvalue weighted by molar-refractivity contribution is 6.09. The van der Waals surface area contributed by atoms with Gasteiger partial charge < -0.3 is 19.7 Å². The summed E-state index contributed by atoms with van der Waals surface area (Å²) in [5, 5.41) is 23.2. The van der Waals surface area contributed by atoms with E-state index in [4.69, 9.17) is 9.47 Å². The average Bonchev–Trinajstić information content (AvgIpc) is 3.35. The zero-order valence-corrected chi connectivity index (χ0v) is 19.5. The number of para-hydroxylation sites is 1. The second kappa shape index (κ2) is 9.89. The molecule has 9 nitrogen and oxygen atoms in total. The SMILES string of the molecule is CC=CCN1C(=O)C2C(c3cccc(OC)c3OCc3ccccc3)NC(CO)(C(=O)O)C2C1=O. The number of methoxy groups -OCH3 is 1. The minimum atomic E-state index is -2.02. The number of aliphatic hydroxyl groups is 1. The number of carboxylic acids is 1. The van der Waals surface area contributed by atoms with Crippen molar-refractivity contribution in [2.24, 2.45) is 11.8 Å². The van der Waals surface area contributed by atoms with Crippen LogP contribution < -0.4 is 14.8 Å². The largest absolute Gasteiger partial charge is 0.493 e. The van der Waals surface area contributed by atoms with Crippen LogP contribution in [-0.2, 0) is 21.0 Å². The van der Waals surface area contributed by atoms with Gasteiger partial charge >= 0.3 is 5.97 Å². The Bertz CT molecular complexity index is 1150. The third-order valence-electron chi connectivity index (χ3n) is 6.69. The molecule has 0 spiro atoms. The van der Waals surface area contributed by atoms with Gasteiger partial charge in [0, 0.05) is 18.2 Å². The molecule has 0 bridgehead atoms. The lowest BCUT2D eigenvalue weighted by Crippen LogP contribution is -2.58. The van der Waals surface area contributed by atoms with E-state index in [1.807, 2.05) is 30.3 Å². The van der Waals surface area contributed by atoms with Gasteiger partial charge in [0.25, 0.3) is 0 Å². The van der Waals surface area contributed by atoms with E-state index >= 15 is 0 Å². The molecule has 0 aromatic heterocycles. The van der Waals surface area contributed by atoms with Crippen molar-refractivity contribution in [1.29, 1.82) is 0 Å². The van der Waals surface area contributed by atoms with Gasteiger partial charge in [-0.05, 0) is 18.6 Å². The van der Waals surface area contributed by atoms with Crippen LogP contribution in [0.25, 0.3) is 0 Å². The lowest BCUT2D eigenvalue weighted by Gasteiger charge is -2.29. The van der Waals surface area contributed by atoms with Crippen molar-refractivity contribution in [2.75, 3.05) is 20.3 Å². The van der Waals surface area contributed by atoms with E-state index in [9.17, 15) is 24.6 Å². The molecule has 0 radical (unpaired) electrons. The molecule has 9 heteroatoms. The Morgan fingerprint density at radius 3 is 2.51 bits per heavy atom. The van der Waals surface area contributed by atoms with Crippen molar-refractivity contribution in [2.45, 2.75) is 25.1 Å². The molecule has 2 saturated heterocycles. The Labute approximate surface area is 203 Å². The highest BCUT2D eigenvalue weighted by Gasteiger charge is 2.68. The van der Waals surface area contributed by atoms with Gasteiger partial charge in [-0.25, -0.2) is 0 Å². The number of likely N-dealkylation sites (tertiary alicyclic amines) is 1. The Kier molecular flexibility index (Phi) is 6.90. The molecule has 4 rings (SSSR count). The normalized spacial score (nSPS) is 25.8. The predicted octanol–water partition coefficient (Wildman–Crippen LogP) is 1.91. The highest BCUT2D eigenvalue weighted by Crippen LogP contribution is 2.51. The molecule has 2 aromatic rings. The lowest BCUT2D eigenvalue weighted by atomic mass is 9.79. The third kappa shape index (κ3) is 4.06. The number of carbonyl (C=O) groups excluding carboxylic acids is 2. The van der Waals surface area contributed by atoms with Gasteiger partial charge in [-0.1, -0.05) is 54.6 Å². The summed E-state index contributed by atoms with van der Waals surface area (Å²) in [4.78, 5) is 40.2. The van der Waals surface area contributed by atoms with Crippen molar-refractivity contribution in [3.8, 4) is 11.5 Å². The van der Waals surface area contributed by atoms with Crippen LogP contribution in [0.5, 0.6) is 11.5 Å². The number of allylic oxidation sites excluding steroid dienone is 1. The molecule has 184 valence electrons. The quantitative estimate of drug-likeness (QED) is 0.367. The Hall–Kier alpha value is -3.69. The number of imide groups is 1. The topological polar surface area (TPSA) is 125 Å². The Morgan fingerprint density at radius 2 is 1.89 bits per heavy atom. The van der Waals surface area contributed by atoms with Gasteiger partial charge in [-0.2, -0.15) is 0 Å². The number of aliphatic hydroxyl groups excluding tert-OH is 1. The molecule has 4 unspecified atom stereocenters. The second-order valence-electron chi connectivity index (χ2n) is 8.57. The summed E-state index contributed by atoms with van der Waals surface area (Å²) < 4.78 is 11.6. The fourth-order valence-corrected chi connectivity index (χ4v) is 4.95. The van der Waals surface area contributed by atoms with Crippen LogP contribution >= 0.6 is 0 Å². The van der Waals surface area contributed by atoms with Crippen LogP contribution in [0.1, 0.15) is 24.1 Å². The minimum Gasteiger partial charge on any atom is -0.493 e. The first-order chi connectivity index (χ1) is 16.9. The van der Waals surface area contributed by atoms with Crippen molar-refractivity contribution < 1.29 is 34.1 Å². The number of ether oxygens (including phenoxy) is 2. The molecule has 35 heavy (non-hydrogen) atoms. The fourth-order valence-electron chi connectivity index (χ4n) is 4.95. The Balaban J connectivity index is 1.79. The number of carboxylic acid groups (broad SMARTS) is 1. The predicted molar refractivity (Wildman–Crippen MR) is 126 cm³/mol. The number of fused-ring (bicyclic) bond motifs is 1. The van der Waals surface area contributed by atoms with Crippen LogP contribution in [-0.4, -0.2) is 58.7 Å². The standard InChI is InChI=1S/C26H28N2O7/c1-3-4-13-28-23(30)19-20(24(28)31)26(15-29,25(32)33)27-21(19)17-11-8-12-18(34-2)22(17)35-14-16-9-6-5-7-10-16/h3-12,19-21,27,29H,13-15H2,1-2H3,(H,32,33). The number of carbonyl (C=O) groups is 3. The number of amides is 2. The van der Waals surface area contributed by atoms with Gasteiger partial charge in [0.2, 0.25) is 11.8 Å². The number of hydrogen-bond acceptors (Lipinski definition) is 7. The summed E-state index contributed by atoms with van der Waals surface area (Å²) in [6, 6.07) is 13.7. The first kappa shape index (κ1) is 24.4. The molecule has 4 atom stereocenters. The number of rotatable bonds is 9. The van der Waals surface area contributed by atoms with Gasteiger partial charge in [0.1, 0.15) is 6.61 Å². The molecule has 2 aliphatic rings. The molecule has 2 heterocycles. The molecular formula is C26H28N2O7. The van der Waals surface area contributed by atoms with E-state index < -0.39 is 47.8 Å². The van der Waals surface area contributed by atoms with Crippen molar-refractivity contribution in [3.05, 3.63) is 71.8 Å². The van der Waals surface area contributed by atoms with E-state index in [1.54, 1.807) is 37.3 Å². The van der Waals surface area contributed by atoms with E-state index in [1.165, 1.54) is 7.11 Å². The number of aliphatic carboxylic acids is 1. The summed E-state index contributed by atoms with van der Waals surface area (Å²) in [5.74, 6) is -4.11. The summed E-state index contributed by atoms with van der Waals surface area (Å²) in [6.07, 6.45) is 3.36.